The summed E-state index contributed by atoms with van der Waals surface area (Å²) in [5.41, 5.74) is 2.60. The van der Waals surface area contributed by atoms with Crippen molar-refractivity contribution in [2.45, 2.75) is 33.4 Å². The van der Waals surface area contributed by atoms with E-state index in [0.29, 0.717) is 27.4 Å². The Balaban J connectivity index is 1.74. The molecule has 0 aliphatic carbocycles. The van der Waals surface area contributed by atoms with Crippen LogP contribution in [0, 0.1) is 13.8 Å². The molecule has 1 amide bonds. The molecule has 148 valence electrons. The lowest BCUT2D eigenvalue weighted by Gasteiger charge is -2.13. The second-order valence-electron chi connectivity index (χ2n) is 6.37. The predicted molar refractivity (Wildman–Crippen MR) is 116 cm³/mol. The first-order valence-corrected chi connectivity index (χ1v) is 10.3. The molecule has 3 aromatic rings. The van der Waals surface area contributed by atoms with Crippen molar-refractivity contribution >= 4 is 62.5 Å². The SMILES string of the molecule is Cc1nn(C(C)C(=O)Nc2nn(Cc3ccc(Cl)c(Cl)c3)cc2Cl)c(C)c1Br. The van der Waals surface area contributed by atoms with E-state index in [9.17, 15) is 4.79 Å². The number of hydrogen-bond donors (Lipinski definition) is 1. The number of anilines is 1. The molecular formula is C18H17BrCl3N5O. The van der Waals surface area contributed by atoms with E-state index in [2.05, 4.69) is 31.4 Å². The molecule has 1 N–H and O–H groups in total. The third kappa shape index (κ3) is 4.38. The van der Waals surface area contributed by atoms with Gasteiger partial charge in [-0.25, -0.2) is 0 Å². The van der Waals surface area contributed by atoms with Crippen LogP contribution in [0.2, 0.25) is 15.1 Å². The second kappa shape index (κ2) is 8.45. The van der Waals surface area contributed by atoms with Gasteiger partial charge in [-0.05, 0) is 54.4 Å². The molecule has 0 spiro atoms. The third-order valence-electron chi connectivity index (χ3n) is 4.27. The standard InChI is InChI=1S/C18H17BrCl3N5O/c1-9-16(19)10(2)27(24-9)11(3)18(28)23-17-15(22)8-26(25-17)7-12-4-5-13(20)14(21)6-12/h4-6,8,11H,7H2,1-3H3,(H,23,25,28). The number of amides is 1. The number of aryl methyl sites for hydroxylation is 1. The van der Waals surface area contributed by atoms with Crippen LogP contribution in [-0.4, -0.2) is 25.5 Å². The van der Waals surface area contributed by atoms with Crippen molar-refractivity contribution in [3.63, 3.8) is 0 Å². The van der Waals surface area contributed by atoms with Gasteiger partial charge in [0.2, 0.25) is 5.91 Å². The molecule has 1 unspecified atom stereocenters. The molecule has 1 atom stereocenters. The van der Waals surface area contributed by atoms with Crippen LogP contribution in [0.5, 0.6) is 0 Å². The minimum absolute atomic E-state index is 0.264. The second-order valence-corrected chi connectivity index (χ2v) is 8.38. The van der Waals surface area contributed by atoms with Crippen molar-refractivity contribution in [2.75, 3.05) is 5.32 Å². The zero-order valence-electron chi connectivity index (χ0n) is 15.3. The molecule has 0 saturated heterocycles. The summed E-state index contributed by atoms with van der Waals surface area (Å²) in [6, 6.07) is 4.81. The molecule has 0 radical (unpaired) electrons. The molecule has 2 heterocycles. The van der Waals surface area contributed by atoms with Crippen LogP contribution in [0.25, 0.3) is 0 Å². The smallest absolute Gasteiger partial charge is 0.250 e. The fraction of sp³-hybridized carbons (Fsp3) is 0.278. The molecule has 6 nitrogen and oxygen atoms in total. The summed E-state index contributed by atoms with van der Waals surface area (Å²) in [5.74, 6) is 0.0268. The molecule has 0 bridgehead atoms. The number of benzene rings is 1. The molecular weight excluding hydrogens is 488 g/mol. The summed E-state index contributed by atoms with van der Waals surface area (Å²) >= 11 is 21.7. The van der Waals surface area contributed by atoms with Gasteiger partial charge in [0.15, 0.2) is 5.82 Å². The summed E-state index contributed by atoms with van der Waals surface area (Å²) in [6.07, 6.45) is 1.64. The lowest BCUT2D eigenvalue weighted by molar-refractivity contribution is -0.119. The van der Waals surface area contributed by atoms with Crippen LogP contribution in [0.4, 0.5) is 5.82 Å². The van der Waals surface area contributed by atoms with Gasteiger partial charge in [-0.3, -0.25) is 14.2 Å². The van der Waals surface area contributed by atoms with Crippen LogP contribution in [0.3, 0.4) is 0 Å². The maximum Gasteiger partial charge on any atom is 0.250 e. The number of aromatic nitrogens is 4. The molecule has 0 fully saturated rings. The Labute approximate surface area is 185 Å². The third-order valence-corrected chi connectivity index (χ3v) is 6.43. The van der Waals surface area contributed by atoms with Crippen molar-refractivity contribution in [1.29, 1.82) is 0 Å². The average Bonchev–Trinajstić information content (AvgIpc) is 3.11. The van der Waals surface area contributed by atoms with E-state index in [0.717, 1.165) is 21.4 Å². The number of hydrogen-bond acceptors (Lipinski definition) is 3. The molecule has 0 aliphatic heterocycles. The Kier molecular flexibility index (Phi) is 6.39. The molecule has 2 aromatic heterocycles. The minimum atomic E-state index is -0.527. The van der Waals surface area contributed by atoms with Crippen molar-refractivity contribution < 1.29 is 4.79 Å². The monoisotopic (exact) mass is 503 g/mol. The highest BCUT2D eigenvalue weighted by molar-refractivity contribution is 9.10. The Bertz CT molecular complexity index is 1050. The highest BCUT2D eigenvalue weighted by atomic mass is 79.9. The number of nitrogens with one attached hydrogen (secondary N) is 1. The van der Waals surface area contributed by atoms with Crippen LogP contribution < -0.4 is 5.32 Å². The van der Waals surface area contributed by atoms with E-state index in [4.69, 9.17) is 34.8 Å². The van der Waals surface area contributed by atoms with E-state index in [1.54, 1.807) is 34.6 Å². The van der Waals surface area contributed by atoms with Gasteiger partial charge in [-0.1, -0.05) is 40.9 Å². The normalized spacial score (nSPS) is 12.2. The van der Waals surface area contributed by atoms with E-state index in [-0.39, 0.29) is 5.91 Å². The van der Waals surface area contributed by atoms with Crippen molar-refractivity contribution in [3.05, 3.63) is 60.9 Å². The molecule has 10 heteroatoms. The topological polar surface area (TPSA) is 64.7 Å². The van der Waals surface area contributed by atoms with Gasteiger partial charge in [-0.15, -0.1) is 0 Å². The van der Waals surface area contributed by atoms with Crippen LogP contribution in [0.15, 0.2) is 28.9 Å². The Morgan fingerprint density at radius 2 is 1.89 bits per heavy atom. The number of rotatable bonds is 5. The first-order chi connectivity index (χ1) is 13.2. The first kappa shape index (κ1) is 21.2. The summed E-state index contributed by atoms with van der Waals surface area (Å²) in [7, 11) is 0. The molecule has 1 aromatic carbocycles. The van der Waals surface area contributed by atoms with Crippen molar-refractivity contribution in [2.24, 2.45) is 0 Å². The van der Waals surface area contributed by atoms with Gasteiger partial charge in [0, 0.05) is 6.20 Å². The average molecular weight is 506 g/mol. The van der Waals surface area contributed by atoms with E-state index >= 15 is 0 Å². The largest absolute Gasteiger partial charge is 0.306 e. The maximum atomic E-state index is 12.7. The highest BCUT2D eigenvalue weighted by Gasteiger charge is 2.22. The van der Waals surface area contributed by atoms with Crippen molar-refractivity contribution in [3.8, 4) is 0 Å². The molecule has 0 aliphatic rings. The molecule has 0 saturated carbocycles. The highest BCUT2D eigenvalue weighted by Crippen LogP contribution is 2.26. The molecule has 28 heavy (non-hydrogen) atoms. The van der Waals surface area contributed by atoms with E-state index < -0.39 is 6.04 Å². The van der Waals surface area contributed by atoms with Gasteiger partial charge in [0.25, 0.3) is 0 Å². The Morgan fingerprint density at radius 3 is 2.50 bits per heavy atom. The fourth-order valence-corrected chi connectivity index (χ4v) is 3.52. The van der Waals surface area contributed by atoms with Gasteiger partial charge in [0.05, 0.1) is 32.5 Å². The lowest BCUT2D eigenvalue weighted by atomic mass is 10.2. The number of halogens is 4. The lowest BCUT2D eigenvalue weighted by Crippen LogP contribution is -2.25. The number of carbonyl (C=O) groups excluding carboxylic acids is 1. The predicted octanol–water partition coefficient (Wildman–Crippen LogP) is 5.67. The number of carbonyl (C=O) groups is 1. The van der Waals surface area contributed by atoms with Crippen LogP contribution >= 0.6 is 50.7 Å². The zero-order valence-corrected chi connectivity index (χ0v) is 19.2. The van der Waals surface area contributed by atoms with Crippen molar-refractivity contribution in [1.82, 2.24) is 19.6 Å². The maximum absolute atomic E-state index is 12.7. The minimum Gasteiger partial charge on any atom is -0.306 e. The fourth-order valence-electron chi connectivity index (χ4n) is 2.74. The van der Waals surface area contributed by atoms with E-state index in [1.165, 1.54) is 0 Å². The summed E-state index contributed by atoms with van der Waals surface area (Å²) in [6.45, 7) is 5.97. The van der Waals surface area contributed by atoms with Gasteiger partial charge in [0.1, 0.15) is 11.1 Å². The van der Waals surface area contributed by atoms with Crippen LogP contribution in [-0.2, 0) is 11.3 Å². The zero-order chi connectivity index (χ0) is 20.6. The summed E-state index contributed by atoms with van der Waals surface area (Å²) in [5, 5.41) is 12.8. The number of nitrogens with zero attached hydrogens (tertiary/aromatic N) is 4. The summed E-state index contributed by atoms with van der Waals surface area (Å²) in [4.78, 5) is 12.7. The van der Waals surface area contributed by atoms with Gasteiger partial charge >= 0.3 is 0 Å². The quantitative estimate of drug-likeness (QED) is 0.486. The first-order valence-electron chi connectivity index (χ1n) is 8.36. The Hall–Kier alpha value is -1.54. The molecule has 3 rings (SSSR count). The van der Waals surface area contributed by atoms with Gasteiger partial charge < -0.3 is 5.32 Å². The van der Waals surface area contributed by atoms with Gasteiger partial charge in [-0.2, -0.15) is 10.2 Å². The van der Waals surface area contributed by atoms with E-state index in [1.807, 2.05) is 19.9 Å². The van der Waals surface area contributed by atoms with Crippen LogP contribution in [0.1, 0.15) is 29.9 Å². The Morgan fingerprint density at radius 1 is 1.18 bits per heavy atom. The summed E-state index contributed by atoms with van der Waals surface area (Å²) < 4.78 is 4.17.